The second kappa shape index (κ2) is 63.6. The third-order valence-electron chi connectivity index (χ3n) is 12.5. The lowest BCUT2D eigenvalue weighted by Crippen LogP contribution is -2.30. The molecular formula is C71H112O6. The fraction of sp³-hybridized carbons (Fsp3) is 0.592. The summed E-state index contributed by atoms with van der Waals surface area (Å²) in [6, 6.07) is 0. The fourth-order valence-corrected chi connectivity index (χ4v) is 7.99. The van der Waals surface area contributed by atoms with Crippen molar-refractivity contribution in [1.29, 1.82) is 0 Å². The minimum absolute atomic E-state index is 0.131. The molecule has 0 radical (unpaired) electrons. The summed E-state index contributed by atoms with van der Waals surface area (Å²) in [6.07, 6.45) is 92.6. The molecule has 0 aliphatic carbocycles. The average molecular weight is 1060 g/mol. The Balaban J connectivity index is 4.61. The van der Waals surface area contributed by atoms with E-state index >= 15 is 0 Å². The van der Waals surface area contributed by atoms with E-state index < -0.39 is 12.1 Å². The lowest BCUT2D eigenvalue weighted by atomic mass is 10.0. The molecule has 0 fully saturated rings. The molecule has 0 spiro atoms. The Morgan fingerprint density at radius 1 is 0.273 bits per heavy atom. The van der Waals surface area contributed by atoms with Gasteiger partial charge < -0.3 is 14.2 Å². The van der Waals surface area contributed by atoms with Crippen LogP contribution in [0.25, 0.3) is 0 Å². The predicted molar refractivity (Wildman–Crippen MR) is 334 cm³/mol. The fourth-order valence-electron chi connectivity index (χ4n) is 7.99. The summed E-state index contributed by atoms with van der Waals surface area (Å²) in [5.41, 5.74) is 0. The Hall–Kier alpha value is -4.97. The highest BCUT2D eigenvalue weighted by atomic mass is 16.6. The van der Waals surface area contributed by atoms with Crippen molar-refractivity contribution in [3.8, 4) is 0 Å². The zero-order valence-corrected chi connectivity index (χ0v) is 49.4. The van der Waals surface area contributed by atoms with Gasteiger partial charge in [0.2, 0.25) is 0 Å². The molecule has 77 heavy (non-hydrogen) atoms. The summed E-state index contributed by atoms with van der Waals surface area (Å²) in [7, 11) is 0. The summed E-state index contributed by atoms with van der Waals surface area (Å²) >= 11 is 0. The van der Waals surface area contributed by atoms with Gasteiger partial charge in [0.1, 0.15) is 13.2 Å². The zero-order valence-electron chi connectivity index (χ0n) is 49.4. The Bertz CT molecular complexity index is 1740. The molecule has 432 valence electrons. The second-order valence-electron chi connectivity index (χ2n) is 19.9. The number of carbonyl (C=O) groups is 3. The van der Waals surface area contributed by atoms with Crippen molar-refractivity contribution in [2.24, 2.45) is 0 Å². The van der Waals surface area contributed by atoms with Crippen LogP contribution in [0.4, 0.5) is 0 Å². The Morgan fingerprint density at radius 3 is 0.844 bits per heavy atom. The average Bonchev–Trinajstić information content (AvgIpc) is 3.43. The topological polar surface area (TPSA) is 78.9 Å². The third-order valence-corrected chi connectivity index (χ3v) is 12.5. The van der Waals surface area contributed by atoms with Crippen molar-refractivity contribution in [1.82, 2.24) is 0 Å². The van der Waals surface area contributed by atoms with Gasteiger partial charge in [-0.3, -0.25) is 14.4 Å². The molecule has 0 aromatic carbocycles. The van der Waals surface area contributed by atoms with Gasteiger partial charge in [-0.15, -0.1) is 0 Å². The van der Waals surface area contributed by atoms with E-state index in [9.17, 15) is 14.4 Å². The molecule has 0 aromatic heterocycles. The van der Waals surface area contributed by atoms with Crippen LogP contribution in [0.5, 0.6) is 0 Å². The lowest BCUT2D eigenvalue weighted by Gasteiger charge is -2.18. The molecule has 0 saturated heterocycles. The molecule has 0 saturated carbocycles. The number of allylic oxidation sites excluding steroid dienone is 26. The van der Waals surface area contributed by atoms with Crippen LogP contribution in [0.2, 0.25) is 0 Å². The summed E-state index contributed by atoms with van der Waals surface area (Å²) in [4.78, 5) is 38.2. The van der Waals surface area contributed by atoms with Crippen LogP contribution in [-0.4, -0.2) is 37.2 Å². The maximum atomic E-state index is 12.9. The molecule has 0 aliphatic heterocycles. The minimum Gasteiger partial charge on any atom is -0.462 e. The molecule has 0 heterocycles. The first-order valence-electron chi connectivity index (χ1n) is 31.0. The Labute approximate surface area is 473 Å². The molecule has 0 bridgehead atoms. The van der Waals surface area contributed by atoms with E-state index in [1.54, 1.807) is 0 Å². The smallest absolute Gasteiger partial charge is 0.306 e. The van der Waals surface area contributed by atoms with Gasteiger partial charge in [0.05, 0.1) is 0 Å². The Morgan fingerprint density at radius 2 is 0.532 bits per heavy atom. The molecule has 6 nitrogen and oxygen atoms in total. The molecule has 0 aromatic rings. The van der Waals surface area contributed by atoms with Crippen molar-refractivity contribution in [3.63, 3.8) is 0 Å². The Kier molecular flexibility index (Phi) is 59.5. The van der Waals surface area contributed by atoms with Crippen molar-refractivity contribution < 1.29 is 28.6 Å². The van der Waals surface area contributed by atoms with Gasteiger partial charge in [-0.2, -0.15) is 0 Å². The second-order valence-corrected chi connectivity index (χ2v) is 19.9. The van der Waals surface area contributed by atoms with Crippen molar-refractivity contribution in [3.05, 3.63) is 158 Å². The summed E-state index contributed by atoms with van der Waals surface area (Å²) < 4.78 is 16.8. The van der Waals surface area contributed by atoms with Crippen LogP contribution in [0, 0.1) is 0 Å². The molecule has 0 rings (SSSR count). The normalized spacial score (nSPS) is 13.2. The van der Waals surface area contributed by atoms with E-state index in [1.165, 1.54) is 89.9 Å². The number of esters is 3. The highest BCUT2D eigenvalue weighted by molar-refractivity contribution is 5.71. The van der Waals surface area contributed by atoms with E-state index in [2.05, 4.69) is 167 Å². The van der Waals surface area contributed by atoms with Crippen LogP contribution < -0.4 is 0 Å². The molecule has 0 aliphatic rings. The highest BCUT2D eigenvalue weighted by Crippen LogP contribution is 2.15. The van der Waals surface area contributed by atoms with Crippen LogP contribution in [-0.2, 0) is 28.6 Å². The number of hydrogen-bond acceptors (Lipinski definition) is 6. The quantitative estimate of drug-likeness (QED) is 0.0261. The van der Waals surface area contributed by atoms with Crippen molar-refractivity contribution in [2.75, 3.05) is 13.2 Å². The zero-order chi connectivity index (χ0) is 55.7. The summed E-state index contributed by atoms with van der Waals surface area (Å²) in [6.45, 7) is 6.31. The maximum absolute atomic E-state index is 12.9. The third kappa shape index (κ3) is 61.8. The van der Waals surface area contributed by atoms with Crippen molar-refractivity contribution in [2.45, 2.75) is 258 Å². The maximum Gasteiger partial charge on any atom is 0.306 e. The monoisotopic (exact) mass is 1060 g/mol. The number of carbonyl (C=O) groups excluding carboxylic acids is 3. The number of rotatable bonds is 54. The van der Waals surface area contributed by atoms with Gasteiger partial charge in [-0.05, 0) is 109 Å². The number of hydrogen-bond donors (Lipinski definition) is 0. The first-order valence-corrected chi connectivity index (χ1v) is 31.0. The predicted octanol–water partition coefficient (Wildman–Crippen LogP) is 21.3. The van der Waals surface area contributed by atoms with Crippen LogP contribution >= 0.6 is 0 Å². The molecule has 1 unspecified atom stereocenters. The molecule has 1 atom stereocenters. The van der Waals surface area contributed by atoms with E-state index in [4.69, 9.17) is 14.2 Å². The van der Waals surface area contributed by atoms with Gasteiger partial charge in [0.25, 0.3) is 0 Å². The largest absolute Gasteiger partial charge is 0.462 e. The minimum atomic E-state index is -0.850. The highest BCUT2D eigenvalue weighted by Gasteiger charge is 2.19. The van der Waals surface area contributed by atoms with E-state index in [0.29, 0.717) is 19.3 Å². The van der Waals surface area contributed by atoms with E-state index in [0.717, 1.165) is 109 Å². The number of ether oxygens (including phenoxy) is 3. The van der Waals surface area contributed by atoms with Crippen LogP contribution in [0.1, 0.15) is 252 Å². The first kappa shape index (κ1) is 72.0. The molecule has 0 amide bonds. The van der Waals surface area contributed by atoms with Gasteiger partial charge in [-0.25, -0.2) is 0 Å². The first-order chi connectivity index (χ1) is 38.0. The van der Waals surface area contributed by atoms with Gasteiger partial charge >= 0.3 is 17.9 Å². The van der Waals surface area contributed by atoms with Gasteiger partial charge in [0, 0.05) is 19.3 Å². The van der Waals surface area contributed by atoms with Gasteiger partial charge in [0.15, 0.2) is 6.10 Å². The summed E-state index contributed by atoms with van der Waals surface area (Å²) in [5.74, 6) is -1.08. The van der Waals surface area contributed by atoms with Crippen LogP contribution in [0.15, 0.2) is 158 Å². The van der Waals surface area contributed by atoms with Crippen molar-refractivity contribution >= 4 is 17.9 Å². The SMILES string of the molecule is CC/C=C\C/C=C\C/C=C\C/C=C\C/C=C\C/C=C\C/C=C\CCCC(=O)OCC(COC(=O)CCCCCCCCCCCCCCCCCCC)OC(=O)CC/C=C\C/C=C\C/C=C\C/C=C\C/C=C\C/C=C\CC. The lowest BCUT2D eigenvalue weighted by molar-refractivity contribution is -0.166. The van der Waals surface area contributed by atoms with E-state index in [1.807, 2.05) is 12.2 Å². The molecular weight excluding hydrogens is 949 g/mol. The molecule has 0 N–H and O–H groups in total. The standard InChI is InChI=1S/C71H112O6/c1-4-7-10-13-16-19-22-25-28-31-33-34-35-36-38-40-43-46-49-52-55-58-61-64-70(73)76-67-68(66-75-69(72)63-60-57-54-51-48-45-42-39-30-27-24-21-18-15-12-9-6-3)77-71(74)65-62-59-56-53-50-47-44-41-37-32-29-26-23-20-17-14-11-8-5-2/h7-8,10-11,16-17,19-20,25-26,28-29,33-34,36-38,41,43,46-47,50,52,55-56,59,68H,4-6,9,12-15,18,21-24,27,30-32,35,39-40,42,44-45,48-49,51,53-54,57-58,60-67H2,1-3H3/b10-7-,11-8-,19-16-,20-17-,28-25-,29-26-,34-33-,38-36-,41-37-,46-43-,50-47-,55-52-,59-56-. The number of unbranched alkanes of at least 4 members (excludes halogenated alkanes) is 17. The van der Waals surface area contributed by atoms with Gasteiger partial charge in [-0.1, -0.05) is 281 Å². The summed E-state index contributed by atoms with van der Waals surface area (Å²) in [5, 5.41) is 0. The molecule has 6 heteroatoms. The van der Waals surface area contributed by atoms with E-state index in [-0.39, 0.29) is 38.0 Å². The van der Waals surface area contributed by atoms with Crippen LogP contribution in [0.3, 0.4) is 0 Å².